The summed E-state index contributed by atoms with van der Waals surface area (Å²) in [5, 5.41) is 0. The van der Waals surface area contributed by atoms with Crippen molar-refractivity contribution in [2.24, 2.45) is 5.73 Å². The van der Waals surface area contributed by atoms with Crippen LogP contribution in [0.15, 0.2) is 0 Å². The Hall–Kier alpha value is -0.650. The first-order chi connectivity index (χ1) is 10.2. The number of likely N-dealkylation sites (tertiary alicyclic amines) is 1. The van der Waals surface area contributed by atoms with Gasteiger partial charge in [0.25, 0.3) is 0 Å². The highest BCUT2D eigenvalue weighted by Gasteiger charge is 2.28. The zero-order chi connectivity index (χ0) is 15.1. The molecule has 1 amide bonds. The molecular weight excluding hydrogens is 264 g/mol. The third-order valence-electron chi connectivity index (χ3n) is 4.87. The van der Waals surface area contributed by atoms with Crippen molar-refractivity contribution in [3.63, 3.8) is 0 Å². The molecule has 2 heterocycles. The Labute approximate surface area is 129 Å². The van der Waals surface area contributed by atoms with Gasteiger partial charge in [-0.25, -0.2) is 0 Å². The van der Waals surface area contributed by atoms with Crippen LogP contribution in [-0.4, -0.2) is 79.0 Å². The van der Waals surface area contributed by atoms with E-state index in [0.29, 0.717) is 5.91 Å². The SMILES string of the molecule is CC(C(=O)N1CCCC1)N1CCCN(CCCCN)CC1. The lowest BCUT2D eigenvalue weighted by molar-refractivity contribution is -0.135. The summed E-state index contributed by atoms with van der Waals surface area (Å²) in [6, 6.07) is 0.0482. The molecule has 5 nitrogen and oxygen atoms in total. The molecule has 122 valence electrons. The number of rotatable bonds is 6. The van der Waals surface area contributed by atoms with Crippen molar-refractivity contribution < 1.29 is 4.79 Å². The van der Waals surface area contributed by atoms with Gasteiger partial charge in [0, 0.05) is 32.7 Å². The Bertz CT molecular complexity index is 317. The van der Waals surface area contributed by atoms with Crippen molar-refractivity contribution in [1.29, 1.82) is 0 Å². The second-order valence-corrected chi connectivity index (χ2v) is 6.44. The molecule has 0 aromatic carbocycles. The molecule has 0 bridgehead atoms. The number of unbranched alkanes of at least 4 members (excludes halogenated alkanes) is 1. The topological polar surface area (TPSA) is 52.8 Å². The maximum absolute atomic E-state index is 12.5. The van der Waals surface area contributed by atoms with Crippen LogP contribution in [0.3, 0.4) is 0 Å². The molecule has 0 spiro atoms. The number of nitrogens with zero attached hydrogens (tertiary/aromatic N) is 3. The molecule has 1 atom stereocenters. The van der Waals surface area contributed by atoms with Gasteiger partial charge in [-0.15, -0.1) is 0 Å². The van der Waals surface area contributed by atoms with Crippen LogP contribution in [0.5, 0.6) is 0 Å². The van der Waals surface area contributed by atoms with Crippen molar-refractivity contribution >= 4 is 5.91 Å². The predicted molar refractivity (Wildman–Crippen MR) is 86.2 cm³/mol. The fourth-order valence-corrected chi connectivity index (χ4v) is 3.44. The molecule has 2 saturated heterocycles. The predicted octanol–water partition coefficient (Wildman–Crippen LogP) is 0.744. The highest BCUT2D eigenvalue weighted by Crippen LogP contribution is 2.14. The minimum Gasteiger partial charge on any atom is -0.341 e. The van der Waals surface area contributed by atoms with Gasteiger partial charge in [0.2, 0.25) is 5.91 Å². The molecule has 0 aromatic heterocycles. The maximum atomic E-state index is 12.5. The summed E-state index contributed by atoms with van der Waals surface area (Å²) in [6.45, 7) is 10.3. The minimum atomic E-state index is 0.0482. The fraction of sp³-hybridized carbons (Fsp3) is 0.938. The van der Waals surface area contributed by atoms with Crippen molar-refractivity contribution in [1.82, 2.24) is 14.7 Å². The van der Waals surface area contributed by atoms with E-state index in [1.165, 1.54) is 25.7 Å². The lowest BCUT2D eigenvalue weighted by Crippen LogP contribution is -2.47. The van der Waals surface area contributed by atoms with Crippen molar-refractivity contribution in [3.8, 4) is 0 Å². The molecule has 2 aliphatic rings. The number of hydrogen-bond acceptors (Lipinski definition) is 4. The van der Waals surface area contributed by atoms with Gasteiger partial charge in [0.05, 0.1) is 6.04 Å². The van der Waals surface area contributed by atoms with Crippen molar-refractivity contribution in [2.45, 2.75) is 45.1 Å². The molecule has 1 unspecified atom stereocenters. The van der Waals surface area contributed by atoms with Crippen LogP contribution in [0.4, 0.5) is 0 Å². The van der Waals surface area contributed by atoms with E-state index in [-0.39, 0.29) is 6.04 Å². The van der Waals surface area contributed by atoms with E-state index in [0.717, 1.165) is 58.8 Å². The first-order valence-corrected chi connectivity index (χ1v) is 8.67. The van der Waals surface area contributed by atoms with Crippen LogP contribution in [0.2, 0.25) is 0 Å². The van der Waals surface area contributed by atoms with E-state index in [1.807, 2.05) is 0 Å². The number of carbonyl (C=O) groups excluding carboxylic acids is 1. The zero-order valence-electron chi connectivity index (χ0n) is 13.6. The fourth-order valence-electron chi connectivity index (χ4n) is 3.44. The lowest BCUT2D eigenvalue weighted by atomic mass is 10.2. The first kappa shape index (κ1) is 16.7. The summed E-state index contributed by atoms with van der Waals surface area (Å²) >= 11 is 0. The average molecular weight is 296 g/mol. The Morgan fingerprint density at radius 2 is 1.76 bits per heavy atom. The maximum Gasteiger partial charge on any atom is 0.239 e. The van der Waals surface area contributed by atoms with Gasteiger partial charge >= 0.3 is 0 Å². The summed E-state index contributed by atoms with van der Waals surface area (Å²) in [7, 11) is 0. The third-order valence-corrected chi connectivity index (χ3v) is 4.87. The zero-order valence-corrected chi connectivity index (χ0v) is 13.6. The summed E-state index contributed by atoms with van der Waals surface area (Å²) in [4.78, 5) is 19.5. The molecule has 2 aliphatic heterocycles. The average Bonchev–Trinajstić information content (AvgIpc) is 2.93. The molecule has 5 heteroatoms. The molecule has 0 saturated carbocycles. The Morgan fingerprint density at radius 1 is 1.00 bits per heavy atom. The third kappa shape index (κ3) is 4.94. The Balaban J connectivity index is 1.77. The van der Waals surface area contributed by atoms with Crippen LogP contribution in [0.1, 0.15) is 39.0 Å². The summed E-state index contributed by atoms with van der Waals surface area (Å²) in [6.07, 6.45) is 5.82. The highest BCUT2D eigenvalue weighted by molar-refractivity contribution is 5.81. The van der Waals surface area contributed by atoms with Gasteiger partial charge in [-0.3, -0.25) is 9.69 Å². The normalized spacial score (nSPS) is 23.2. The van der Waals surface area contributed by atoms with Gasteiger partial charge < -0.3 is 15.5 Å². The summed E-state index contributed by atoms with van der Waals surface area (Å²) in [5.74, 6) is 0.337. The van der Waals surface area contributed by atoms with Crippen LogP contribution >= 0.6 is 0 Å². The van der Waals surface area contributed by atoms with Gasteiger partial charge in [-0.2, -0.15) is 0 Å². The highest BCUT2D eigenvalue weighted by atomic mass is 16.2. The first-order valence-electron chi connectivity index (χ1n) is 8.67. The monoisotopic (exact) mass is 296 g/mol. The van der Waals surface area contributed by atoms with Crippen molar-refractivity contribution in [3.05, 3.63) is 0 Å². The second-order valence-electron chi connectivity index (χ2n) is 6.44. The molecule has 0 aromatic rings. The smallest absolute Gasteiger partial charge is 0.239 e. The van der Waals surface area contributed by atoms with E-state index >= 15 is 0 Å². The van der Waals surface area contributed by atoms with Crippen LogP contribution in [0.25, 0.3) is 0 Å². The molecule has 2 N–H and O–H groups in total. The van der Waals surface area contributed by atoms with Gasteiger partial charge in [0.15, 0.2) is 0 Å². The number of carbonyl (C=O) groups is 1. The standard InChI is InChI=1S/C16H32N4O/c1-15(16(21)20-10-4-5-11-20)19-12-6-9-18(13-14-19)8-3-2-7-17/h15H,2-14,17H2,1H3. The van der Waals surface area contributed by atoms with E-state index in [2.05, 4.69) is 21.6 Å². The molecule has 2 rings (SSSR count). The molecule has 0 radical (unpaired) electrons. The van der Waals surface area contributed by atoms with E-state index < -0.39 is 0 Å². The lowest BCUT2D eigenvalue weighted by Gasteiger charge is -2.30. The van der Waals surface area contributed by atoms with Gasteiger partial charge in [-0.05, 0) is 58.7 Å². The molecular formula is C16H32N4O. The molecule has 2 fully saturated rings. The van der Waals surface area contributed by atoms with Gasteiger partial charge in [-0.1, -0.05) is 0 Å². The minimum absolute atomic E-state index is 0.0482. The van der Waals surface area contributed by atoms with Crippen LogP contribution in [-0.2, 0) is 4.79 Å². The van der Waals surface area contributed by atoms with E-state index in [9.17, 15) is 4.79 Å². The summed E-state index contributed by atoms with van der Waals surface area (Å²) in [5.41, 5.74) is 5.56. The number of nitrogens with two attached hydrogens (primary N) is 1. The molecule has 0 aliphatic carbocycles. The summed E-state index contributed by atoms with van der Waals surface area (Å²) < 4.78 is 0. The molecule has 21 heavy (non-hydrogen) atoms. The van der Waals surface area contributed by atoms with E-state index in [1.54, 1.807) is 0 Å². The van der Waals surface area contributed by atoms with E-state index in [4.69, 9.17) is 5.73 Å². The number of amides is 1. The largest absolute Gasteiger partial charge is 0.341 e. The Morgan fingerprint density at radius 3 is 2.48 bits per heavy atom. The second kappa shape index (κ2) is 8.71. The van der Waals surface area contributed by atoms with Crippen LogP contribution < -0.4 is 5.73 Å². The van der Waals surface area contributed by atoms with Crippen LogP contribution in [0, 0.1) is 0 Å². The quantitative estimate of drug-likeness (QED) is 0.735. The van der Waals surface area contributed by atoms with Gasteiger partial charge in [0.1, 0.15) is 0 Å². The van der Waals surface area contributed by atoms with Crippen molar-refractivity contribution in [2.75, 3.05) is 52.4 Å². The number of hydrogen-bond donors (Lipinski definition) is 1. The Kier molecular flexibility index (Phi) is 6.93.